The number of primary amides is 1. The molecule has 2 aliphatic rings. The van der Waals surface area contributed by atoms with Crippen LogP contribution in [0.1, 0.15) is 65.7 Å². The summed E-state index contributed by atoms with van der Waals surface area (Å²) in [5, 5.41) is 3.54. The van der Waals surface area contributed by atoms with Gasteiger partial charge in [0.1, 0.15) is 0 Å². The standard InChI is InChI=1S/C15H28N2O/c1-14(2,3)11-5-4-9-15(10-8-11,13(16)18)17-12-6-7-12/h11-12,17H,4-10H2,1-3H3,(H2,16,18). The lowest BCUT2D eigenvalue weighted by Gasteiger charge is -2.32. The third kappa shape index (κ3) is 3.05. The molecule has 2 rings (SSSR count). The van der Waals surface area contributed by atoms with Gasteiger partial charge in [-0.05, 0) is 49.9 Å². The fourth-order valence-electron chi connectivity index (χ4n) is 3.29. The molecule has 18 heavy (non-hydrogen) atoms. The van der Waals surface area contributed by atoms with Crippen LogP contribution < -0.4 is 11.1 Å². The lowest BCUT2D eigenvalue weighted by Crippen LogP contribution is -2.56. The van der Waals surface area contributed by atoms with Crippen LogP contribution in [0.15, 0.2) is 0 Å². The van der Waals surface area contributed by atoms with Gasteiger partial charge in [-0.15, -0.1) is 0 Å². The molecule has 2 unspecified atom stereocenters. The lowest BCUT2D eigenvalue weighted by molar-refractivity contribution is -0.125. The number of nitrogens with one attached hydrogen (secondary N) is 1. The van der Waals surface area contributed by atoms with Gasteiger partial charge in [0, 0.05) is 6.04 Å². The maximum Gasteiger partial charge on any atom is 0.237 e. The highest BCUT2D eigenvalue weighted by molar-refractivity contribution is 5.84. The second-order valence-electron chi connectivity index (χ2n) is 7.36. The molecular weight excluding hydrogens is 224 g/mol. The van der Waals surface area contributed by atoms with Gasteiger partial charge in [0.05, 0.1) is 5.54 Å². The molecule has 104 valence electrons. The topological polar surface area (TPSA) is 55.1 Å². The van der Waals surface area contributed by atoms with Crippen molar-refractivity contribution in [1.29, 1.82) is 0 Å². The van der Waals surface area contributed by atoms with E-state index in [0.717, 1.165) is 25.7 Å². The molecule has 0 heterocycles. The van der Waals surface area contributed by atoms with Gasteiger partial charge in [0.25, 0.3) is 0 Å². The Kier molecular flexibility index (Phi) is 3.72. The van der Waals surface area contributed by atoms with Crippen molar-refractivity contribution in [2.24, 2.45) is 17.1 Å². The number of rotatable bonds is 3. The fourth-order valence-corrected chi connectivity index (χ4v) is 3.29. The quantitative estimate of drug-likeness (QED) is 0.759. The number of nitrogens with two attached hydrogens (primary N) is 1. The normalized spacial score (nSPS) is 34.1. The van der Waals surface area contributed by atoms with Gasteiger partial charge in [0.2, 0.25) is 5.91 Å². The second kappa shape index (κ2) is 4.84. The first-order valence-electron chi connectivity index (χ1n) is 7.41. The van der Waals surface area contributed by atoms with E-state index >= 15 is 0 Å². The van der Waals surface area contributed by atoms with E-state index in [1.54, 1.807) is 0 Å². The van der Waals surface area contributed by atoms with Crippen LogP contribution >= 0.6 is 0 Å². The Morgan fingerprint density at radius 3 is 2.33 bits per heavy atom. The summed E-state index contributed by atoms with van der Waals surface area (Å²) in [6.45, 7) is 6.93. The Morgan fingerprint density at radius 2 is 1.83 bits per heavy atom. The molecule has 0 aromatic heterocycles. The molecular formula is C15H28N2O. The van der Waals surface area contributed by atoms with E-state index in [1.165, 1.54) is 19.3 Å². The zero-order chi connectivity index (χ0) is 13.4. The average Bonchev–Trinajstić information content (AvgIpc) is 3.04. The number of carbonyl (C=O) groups excluding carboxylic acids is 1. The van der Waals surface area contributed by atoms with Crippen LogP contribution in [0.4, 0.5) is 0 Å². The SMILES string of the molecule is CC(C)(C)C1CCCC(NC2CC2)(C(N)=O)CC1. The first kappa shape index (κ1) is 13.9. The van der Waals surface area contributed by atoms with Crippen LogP contribution in [0.2, 0.25) is 0 Å². The van der Waals surface area contributed by atoms with Crippen molar-refractivity contribution < 1.29 is 4.79 Å². The van der Waals surface area contributed by atoms with Gasteiger partial charge in [-0.1, -0.05) is 27.2 Å². The molecule has 0 aromatic rings. The molecule has 1 amide bonds. The van der Waals surface area contributed by atoms with Crippen LogP contribution in [0.3, 0.4) is 0 Å². The molecule has 2 aliphatic carbocycles. The van der Waals surface area contributed by atoms with Crippen LogP contribution in [-0.4, -0.2) is 17.5 Å². The number of carbonyl (C=O) groups is 1. The average molecular weight is 252 g/mol. The summed E-state index contributed by atoms with van der Waals surface area (Å²) in [6.07, 6.45) is 7.71. The smallest absolute Gasteiger partial charge is 0.237 e. The summed E-state index contributed by atoms with van der Waals surface area (Å²) >= 11 is 0. The second-order valence-corrected chi connectivity index (χ2v) is 7.36. The summed E-state index contributed by atoms with van der Waals surface area (Å²) in [7, 11) is 0. The summed E-state index contributed by atoms with van der Waals surface area (Å²) in [4.78, 5) is 11.9. The van der Waals surface area contributed by atoms with Crippen LogP contribution in [-0.2, 0) is 4.79 Å². The molecule has 3 nitrogen and oxygen atoms in total. The van der Waals surface area contributed by atoms with Crippen molar-refractivity contribution in [3.05, 3.63) is 0 Å². The Hall–Kier alpha value is -0.570. The number of amides is 1. The van der Waals surface area contributed by atoms with Crippen molar-refractivity contribution in [1.82, 2.24) is 5.32 Å². The Labute approximate surface area is 111 Å². The summed E-state index contributed by atoms with van der Waals surface area (Å²) in [6, 6.07) is 0.545. The third-order valence-corrected chi connectivity index (χ3v) is 4.83. The Bertz CT molecular complexity index is 317. The number of hydrogen-bond donors (Lipinski definition) is 2. The summed E-state index contributed by atoms with van der Waals surface area (Å²) in [5.41, 5.74) is 5.63. The lowest BCUT2D eigenvalue weighted by atomic mass is 9.76. The molecule has 0 radical (unpaired) electrons. The predicted molar refractivity (Wildman–Crippen MR) is 74.1 cm³/mol. The molecule has 2 atom stereocenters. The Morgan fingerprint density at radius 1 is 1.17 bits per heavy atom. The molecule has 0 spiro atoms. The minimum absolute atomic E-state index is 0.135. The molecule has 2 fully saturated rings. The van der Waals surface area contributed by atoms with Crippen molar-refractivity contribution in [3.63, 3.8) is 0 Å². The van der Waals surface area contributed by atoms with Crippen LogP contribution in [0.25, 0.3) is 0 Å². The van der Waals surface area contributed by atoms with E-state index in [4.69, 9.17) is 5.73 Å². The first-order valence-corrected chi connectivity index (χ1v) is 7.41. The van der Waals surface area contributed by atoms with Gasteiger partial charge < -0.3 is 11.1 Å². The fraction of sp³-hybridized carbons (Fsp3) is 0.933. The molecule has 3 N–H and O–H groups in total. The van der Waals surface area contributed by atoms with Crippen molar-refractivity contribution in [3.8, 4) is 0 Å². The van der Waals surface area contributed by atoms with E-state index < -0.39 is 5.54 Å². The minimum Gasteiger partial charge on any atom is -0.368 e. The van der Waals surface area contributed by atoms with Crippen LogP contribution in [0, 0.1) is 11.3 Å². The largest absolute Gasteiger partial charge is 0.368 e. The van der Waals surface area contributed by atoms with E-state index in [9.17, 15) is 4.79 Å². The van der Waals surface area contributed by atoms with E-state index in [0.29, 0.717) is 17.4 Å². The monoisotopic (exact) mass is 252 g/mol. The van der Waals surface area contributed by atoms with Crippen LogP contribution in [0.5, 0.6) is 0 Å². The highest BCUT2D eigenvalue weighted by Gasteiger charge is 2.43. The van der Waals surface area contributed by atoms with E-state index in [2.05, 4.69) is 26.1 Å². The van der Waals surface area contributed by atoms with Crippen molar-refractivity contribution >= 4 is 5.91 Å². The zero-order valence-corrected chi connectivity index (χ0v) is 12.1. The molecule has 2 saturated carbocycles. The zero-order valence-electron chi connectivity index (χ0n) is 12.1. The maximum absolute atomic E-state index is 11.9. The molecule has 0 saturated heterocycles. The summed E-state index contributed by atoms with van der Waals surface area (Å²) < 4.78 is 0. The van der Waals surface area contributed by atoms with E-state index in [1.807, 2.05) is 0 Å². The van der Waals surface area contributed by atoms with Gasteiger partial charge in [-0.2, -0.15) is 0 Å². The van der Waals surface area contributed by atoms with Crippen molar-refractivity contribution in [2.45, 2.75) is 77.3 Å². The van der Waals surface area contributed by atoms with E-state index in [-0.39, 0.29) is 5.91 Å². The molecule has 3 heteroatoms. The molecule has 0 aliphatic heterocycles. The summed E-state index contributed by atoms with van der Waals surface area (Å²) in [5.74, 6) is 0.573. The van der Waals surface area contributed by atoms with Gasteiger partial charge in [0.15, 0.2) is 0 Å². The van der Waals surface area contributed by atoms with Gasteiger partial charge in [-0.25, -0.2) is 0 Å². The highest BCUT2D eigenvalue weighted by atomic mass is 16.1. The maximum atomic E-state index is 11.9. The predicted octanol–water partition coefficient (Wildman–Crippen LogP) is 2.59. The minimum atomic E-state index is -0.416. The van der Waals surface area contributed by atoms with Gasteiger partial charge >= 0.3 is 0 Å². The molecule has 0 bridgehead atoms. The van der Waals surface area contributed by atoms with Gasteiger partial charge in [-0.3, -0.25) is 4.79 Å². The first-order chi connectivity index (χ1) is 8.33. The van der Waals surface area contributed by atoms with Crippen molar-refractivity contribution in [2.75, 3.05) is 0 Å². The number of hydrogen-bond acceptors (Lipinski definition) is 2. The highest BCUT2D eigenvalue weighted by Crippen LogP contribution is 2.40. The Balaban J connectivity index is 2.06. The third-order valence-electron chi connectivity index (χ3n) is 4.83. The molecule has 0 aromatic carbocycles.